The van der Waals surface area contributed by atoms with Crippen molar-refractivity contribution in [1.29, 1.82) is 0 Å². The maximum atomic E-state index is 12.4. The Kier molecular flexibility index (Phi) is 4.72. The zero-order chi connectivity index (χ0) is 13.8. The van der Waals surface area contributed by atoms with Gasteiger partial charge < -0.3 is 4.90 Å². The molecule has 0 amide bonds. The topological polar surface area (TPSA) is 23.6 Å². The average molecular weight is 260 g/mol. The molecule has 1 atom stereocenters. The SMILES string of the molecule is Cc1ccccc1C(=O)CN1CCCC(N(C)C)C1. The third-order valence-electron chi connectivity index (χ3n) is 4.02. The summed E-state index contributed by atoms with van der Waals surface area (Å²) in [6.07, 6.45) is 2.42. The summed E-state index contributed by atoms with van der Waals surface area (Å²) in [6.45, 7) is 4.60. The molecule has 1 aromatic carbocycles. The summed E-state index contributed by atoms with van der Waals surface area (Å²) >= 11 is 0. The number of likely N-dealkylation sites (tertiary alicyclic amines) is 1. The fourth-order valence-corrected chi connectivity index (χ4v) is 2.77. The number of Topliss-reactive ketones (excluding diaryl/α,β-unsaturated/α-hetero) is 1. The van der Waals surface area contributed by atoms with Gasteiger partial charge in [0.15, 0.2) is 5.78 Å². The molecule has 19 heavy (non-hydrogen) atoms. The summed E-state index contributed by atoms with van der Waals surface area (Å²) in [5.41, 5.74) is 1.95. The van der Waals surface area contributed by atoms with E-state index in [1.54, 1.807) is 0 Å². The highest BCUT2D eigenvalue weighted by molar-refractivity contribution is 5.98. The van der Waals surface area contributed by atoms with Gasteiger partial charge in [-0.15, -0.1) is 0 Å². The Morgan fingerprint density at radius 1 is 1.37 bits per heavy atom. The molecule has 0 radical (unpaired) electrons. The quantitative estimate of drug-likeness (QED) is 0.775. The van der Waals surface area contributed by atoms with Gasteiger partial charge in [0.1, 0.15) is 0 Å². The van der Waals surface area contributed by atoms with E-state index in [4.69, 9.17) is 0 Å². The molecule has 1 unspecified atom stereocenters. The number of hydrogen-bond acceptors (Lipinski definition) is 3. The number of carbonyl (C=O) groups excluding carboxylic acids is 1. The van der Waals surface area contributed by atoms with Crippen LogP contribution in [0.25, 0.3) is 0 Å². The largest absolute Gasteiger partial charge is 0.305 e. The van der Waals surface area contributed by atoms with Crippen LogP contribution in [0.15, 0.2) is 24.3 Å². The first kappa shape index (κ1) is 14.2. The summed E-state index contributed by atoms with van der Waals surface area (Å²) < 4.78 is 0. The highest BCUT2D eigenvalue weighted by Crippen LogP contribution is 2.15. The van der Waals surface area contributed by atoms with Crippen LogP contribution in [0.5, 0.6) is 0 Å². The first-order valence-electron chi connectivity index (χ1n) is 7.05. The molecule has 3 heteroatoms. The second-order valence-corrected chi connectivity index (χ2v) is 5.73. The van der Waals surface area contributed by atoms with Crippen molar-refractivity contribution in [3.8, 4) is 0 Å². The molecule has 104 valence electrons. The molecule has 3 nitrogen and oxygen atoms in total. The molecule has 1 saturated heterocycles. The highest BCUT2D eigenvalue weighted by atomic mass is 16.1. The average Bonchev–Trinajstić information content (AvgIpc) is 2.39. The lowest BCUT2D eigenvalue weighted by Crippen LogP contribution is -2.46. The lowest BCUT2D eigenvalue weighted by Gasteiger charge is -2.35. The highest BCUT2D eigenvalue weighted by Gasteiger charge is 2.23. The van der Waals surface area contributed by atoms with Gasteiger partial charge in [-0.3, -0.25) is 9.69 Å². The van der Waals surface area contributed by atoms with Crippen LogP contribution in [0.1, 0.15) is 28.8 Å². The van der Waals surface area contributed by atoms with E-state index < -0.39 is 0 Å². The van der Waals surface area contributed by atoms with Crippen LogP contribution in [-0.4, -0.2) is 55.4 Å². The molecular formula is C16H24N2O. The maximum absolute atomic E-state index is 12.4. The van der Waals surface area contributed by atoms with Gasteiger partial charge in [-0.25, -0.2) is 0 Å². The van der Waals surface area contributed by atoms with Crippen molar-refractivity contribution < 1.29 is 4.79 Å². The van der Waals surface area contributed by atoms with Crippen molar-refractivity contribution >= 4 is 5.78 Å². The van der Waals surface area contributed by atoms with Crippen molar-refractivity contribution in [1.82, 2.24) is 9.80 Å². The summed E-state index contributed by atoms with van der Waals surface area (Å²) in [4.78, 5) is 16.9. The van der Waals surface area contributed by atoms with E-state index in [0.29, 0.717) is 12.6 Å². The summed E-state index contributed by atoms with van der Waals surface area (Å²) in [5.74, 6) is 0.248. The maximum Gasteiger partial charge on any atom is 0.177 e. The van der Waals surface area contributed by atoms with E-state index in [9.17, 15) is 4.79 Å². The van der Waals surface area contributed by atoms with Gasteiger partial charge in [0, 0.05) is 18.2 Å². The standard InChI is InChI=1S/C16H24N2O/c1-13-7-4-5-9-15(13)16(19)12-18-10-6-8-14(11-18)17(2)3/h4-5,7,9,14H,6,8,10-12H2,1-3H3. The van der Waals surface area contributed by atoms with Gasteiger partial charge in [0.25, 0.3) is 0 Å². The van der Waals surface area contributed by atoms with Crippen molar-refractivity contribution in [3.05, 3.63) is 35.4 Å². The zero-order valence-electron chi connectivity index (χ0n) is 12.2. The van der Waals surface area contributed by atoms with Crippen LogP contribution in [0.4, 0.5) is 0 Å². The van der Waals surface area contributed by atoms with Crippen molar-refractivity contribution in [2.24, 2.45) is 0 Å². The van der Waals surface area contributed by atoms with E-state index in [-0.39, 0.29) is 5.78 Å². The molecule has 1 aliphatic heterocycles. The van der Waals surface area contributed by atoms with E-state index in [2.05, 4.69) is 23.9 Å². The molecule has 0 saturated carbocycles. The third kappa shape index (κ3) is 3.64. The first-order valence-corrected chi connectivity index (χ1v) is 7.05. The second kappa shape index (κ2) is 6.31. The Morgan fingerprint density at radius 2 is 2.11 bits per heavy atom. The zero-order valence-corrected chi connectivity index (χ0v) is 12.2. The Hall–Kier alpha value is -1.19. The van der Waals surface area contributed by atoms with Gasteiger partial charge in [-0.05, 0) is 46.0 Å². The molecular weight excluding hydrogens is 236 g/mol. The number of aryl methyl sites for hydroxylation is 1. The Bertz CT molecular complexity index is 442. The first-order chi connectivity index (χ1) is 9.08. The number of likely N-dealkylation sites (N-methyl/N-ethyl adjacent to an activating group) is 1. The van der Waals surface area contributed by atoms with E-state index >= 15 is 0 Å². The number of ketones is 1. The van der Waals surface area contributed by atoms with Crippen LogP contribution >= 0.6 is 0 Å². The second-order valence-electron chi connectivity index (χ2n) is 5.73. The molecule has 1 heterocycles. The van der Waals surface area contributed by atoms with Crippen LogP contribution in [0.2, 0.25) is 0 Å². The normalized spacial score (nSPS) is 20.7. The number of nitrogens with zero attached hydrogens (tertiary/aromatic N) is 2. The predicted octanol–water partition coefficient (Wildman–Crippen LogP) is 2.20. The molecule has 1 aromatic rings. The van der Waals surface area contributed by atoms with Crippen LogP contribution < -0.4 is 0 Å². The summed E-state index contributed by atoms with van der Waals surface area (Å²) in [6, 6.07) is 8.45. The van der Waals surface area contributed by atoms with Gasteiger partial charge in [0.2, 0.25) is 0 Å². The van der Waals surface area contributed by atoms with E-state index in [1.165, 1.54) is 12.8 Å². The number of carbonyl (C=O) groups is 1. The Labute approximate surface area is 116 Å². The lowest BCUT2D eigenvalue weighted by molar-refractivity contribution is 0.0851. The third-order valence-corrected chi connectivity index (χ3v) is 4.02. The monoisotopic (exact) mass is 260 g/mol. The predicted molar refractivity (Wildman–Crippen MR) is 78.7 cm³/mol. The summed E-state index contributed by atoms with van der Waals surface area (Å²) in [7, 11) is 4.24. The minimum absolute atomic E-state index is 0.248. The fraction of sp³-hybridized carbons (Fsp3) is 0.562. The molecule has 2 rings (SSSR count). The molecule has 0 N–H and O–H groups in total. The number of benzene rings is 1. The molecule has 0 aliphatic carbocycles. The molecule has 1 aliphatic rings. The number of hydrogen-bond donors (Lipinski definition) is 0. The van der Waals surface area contributed by atoms with Crippen LogP contribution in [0, 0.1) is 6.92 Å². The van der Waals surface area contributed by atoms with Gasteiger partial charge in [-0.1, -0.05) is 24.3 Å². The van der Waals surface area contributed by atoms with Gasteiger partial charge >= 0.3 is 0 Å². The van der Waals surface area contributed by atoms with E-state index in [1.807, 2.05) is 31.2 Å². The van der Waals surface area contributed by atoms with Crippen LogP contribution in [0.3, 0.4) is 0 Å². The fourth-order valence-electron chi connectivity index (χ4n) is 2.77. The Morgan fingerprint density at radius 3 is 2.79 bits per heavy atom. The number of rotatable bonds is 4. The lowest BCUT2D eigenvalue weighted by atomic mass is 10.0. The van der Waals surface area contributed by atoms with Crippen molar-refractivity contribution in [2.45, 2.75) is 25.8 Å². The van der Waals surface area contributed by atoms with E-state index in [0.717, 1.165) is 24.2 Å². The molecule has 0 bridgehead atoms. The number of piperidine rings is 1. The molecule has 1 fully saturated rings. The summed E-state index contributed by atoms with van der Waals surface area (Å²) in [5, 5.41) is 0. The smallest absolute Gasteiger partial charge is 0.177 e. The minimum atomic E-state index is 0.248. The minimum Gasteiger partial charge on any atom is -0.305 e. The Balaban J connectivity index is 1.97. The van der Waals surface area contributed by atoms with Gasteiger partial charge in [-0.2, -0.15) is 0 Å². The molecule has 0 aromatic heterocycles. The van der Waals surface area contributed by atoms with Crippen LogP contribution in [-0.2, 0) is 0 Å². The van der Waals surface area contributed by atoms with Crippen molar-refractivity contribution in [2.75, 3.05) is 33.7 Å². The van der Waals surface area contributed by atoms with Gasteiger partial charge in [0.05, 0.1) is 6.54 Å². The van der Waals surface area contributed by atoms with Crippen molar-refractivity contribution in [3.63, 3.8) is 0 Å². The molecule has 0 spiro atoms.